The van der Waals surface area contributed by atoms with E-state index in [2.05, 4.69) is 35.7 Å². The van der Waals surface area contributed by atoms with Crippen LogP contribution in [0.25, 0.3) is 0 Å². The number of aliphatic imine (C=N–C) groups is 1. The van der Waals surface area contributed by atoms with E-state index in [4.69, 9.17) is 0 Å². The van der Waals surface area contributed by atoms with Crippen LogP contribution in [0.3, 0.4) is 0 Å². The van der Waals surface area contributed by atoms with Crippen LogP contribution in [0, 0.1) is 0 Å². The minimum absolute atomic E-state index is 0. The first-order chi connectivity index (χ1) is 13.2. The standard InChI is InChI=1S/C19H27N7O.HI/c1-3-21-19(23-13-17-25-24-16-8-5-11-26(16)17)22-10-9-14-6-4-7-15(12-14)18(27)20-2;/h4,6-7,12H,3,5,8-11,13H2,1-2H3,(H,20,27)(H2,21,22,23);1H. The number of aryl methyl sites for hydroxylation is 1. The first-order valence-corrected chi connectivity index (χ1v) is 9.45. The lowest BCUT2D eigenvalue weighted by atomic mass is 10.1. The van der Waals surface area contributed by atoms with E-state index in [0.29, 0.717) is 12.1 Å². The minimum Gasteiger partial charge on any atom is -0.357 e. The number of rotatable bonds is 7. The maximum absolute atomic E-state index is 11.7. The second kappa shape index (κ2) is 11.0. The second-order valence-electron chi connectivity index (χ2n) is 6.44. The van der Waals surface area contributed by atoms with Crippen LogP contribution in [-0.4, -0.2) is 46.8 Å². The Morgan fingerprint density at radius 1 is 1.29 bits per heavy atom. The van der Waals surface area contributed by atoms with E-state index >= 15 is 0 Å². The van der Waals surface area contributed by atoms with Gasteiger partial charge in [-0.1, -0.05) is 12.1 Å². The molecule has 0 aliphatic carbocycles. The zero-order valence-corrected chi connectivity index (χ0v) is 18.7. The normalized spacial score (nSPS) is 12.9. The van der Waals surface area contributed by atoms with Gasteiger partial charge in [0.15, 0.2) is 11.8 Å². The van der Waals surface area contributed by atoms with Gasteiger partial charge in [0.05, 0.1) is 0 Å². The number of benzene rings is 1. The molecule has 0 atom stereocenters. The van der Waals surface area contributed by atoms with Crippen LogP contribution in [-0.2, 0) is 25.9 Å². The molecule has 0 radical (unpaired) electrons. The van der Waals surface area contributed by atoms with E-state index < -0.39 is 0 Å². The molecule has 0 unspecified atom stereocenters. The van der Waals surface area contributed by atoms with Crippen molar-refractivity contribution in [1.82, 2.24) is 30.7 Å². The van der Waals surface area contributed by atoms with Gasteiger partial charge in [-0.3, -0.25) is 4.79 Å². The highest BCUT2D eigenvalue weighted by Gasteiger charge is 2.16. The zero-order valence-electron chi connectivity index (χ0n) is 16.4. The summed E-state index contributed by atoms with van der Waals surface area (Å²) in [6.45, 7) is 5.04. The molecule has 2 heterocycles. The van der Waals surface area contributed by atoms with Gasteiger partial charge in [0.2, 0.25) is 0 Å². The Bertz CT molecular complexity index is 818. The number of nitrogens with zero attached hydrogens (tertiary/aromatic N) is 4. The summed E-state index contributed by atoms with van der Waals surface area (Å²) in [4.78, 5) is 16.4. The topological polar surface area (TPSA) is 96.2 Å². The molecule has 0 spiro atoms. The van der Waals surface area contributed by atoms with Crippen molar-refractivity contribution in [2.45, 2.75) is 39.3 Å². The molecule has 9 heteroatoms. The van der Waals surface area contributed by atoms with E-state index in [-0.39, 0.29) is 29.9 Å². The third-order valence-corrected chi connectivity index (χ3v) is 4.53. The van der Waals surface area contributed by atoms with Crippen molar-refractivity contribution >= 4 is 35.8 Å². The van der Waals surface area contributed by atoms with Gasteiger partial charge in [0.1, 0.15) is 12.4 Å². The number of fused-ring (bicyclic) bond motifs is 1. The molecule has 152 valence electrons. The Balaban J connectivity index is 0.00000280. The van der Waals surface area contributed by atoms with Gasteiger partial charge in [0.25, 0.3) is 5.91 Å². The van der Waals surface area contributed by atoms with E-state index in [1.54, 1.807) is 7.05 Å². The molecular weight excluding hydrogens is 469 g/mol. The van der Waals surface area contributed by atoms with E-state index in [1.165, 1.54) is 0 Å². The number of nitrogens with one attached hydrogen (secondary N) is 3. The van der Waals surface area contributed by atoms with Gasteiger partial charge < -0.3 is 20.5 Å². The molecule has 0 saturated carbocycles. The molecular formula is C19H28IN7O. The van der Waals surface area contributed by atoms with Crippen LogP contribution in [0.5, 0.6) is 0 Å². The summed E-state index contributed by atoms with van der Waals surface area (Å²) in [6.07, 6.45) is 2.94. The SMILES string of the molecule is CCNC(=NCc1nnc2n1CCC2)NCCc1cccc(C(=O)NC)c1.I. The summed E-state index contributed by atoms with van der Waals surface area (Å²) < 4.78 is 2.16. The number of amides is 1. The third-order valence-electron chi connectivity index (χ3n) is 4.53. The van der Waals surface area contributed by atoms with Gasteiger partial charge >= 0.3 is 0 Å². The lowest BCUT2D eigenvalue weighted by molar-refractivity contribution is 0.0963. The lowest BCUT2D eigenvalue weighted by Crippen LogP contribution is -2.38. The number of aromatic nitrogens is 3. The van der Waals surface area contributed by atoms with Gasteiger partial charge in [-0.2, -0.15) is 0 Å². The number of guanidine groups is 1. The molecule has 8 nitrogen and oxygen atoms in total. The predicted molar refractivity (Wildman–Crippen MR) is 120 cm³/mol. The third kappa shape index (κ3) is 5.66. The molecule has 1 aliphatic heterocycles. The summed E-state index contributed by atoms with van der Waals surface area (Å²) in [5.41, 5.74) is 1.78. The molecule has 0 fully saturated rings. The lowest BCUT2D eigenvalue weighted by Gasteiger charge is -2.11. The van der Waals surface area contributed by atoms with E-state index in [9.17, 15) is 4.79 Å². The van der Waals surface area contributed by atoms with Crippen molar-refractivity contribution in [3.8, 4) is 0 Å². The smallest absolute Gasteiger partial charge is 0.251 e. The van der Waals surface area contributed by atoms with Gasteiger partial charge in [-0.05, 0) is 37.5 Å². The number of halogens is 1. The van der Waals surface area contributed by atoms with Crippen LogP contribution in [0.1, 0.15) is 40.9 Å². The molecule has 0 bridgehead atoms. The Hall–Kier alpha value is -2.17. The Labute approximate surface area is 182 Å². The Morgan fingerprint density at radius 3 is 2.93 bits per heavy atom. The average molecular weight is 497 g/mol. The summed E-state index contributed by atoms with van der Waals surface area (Å²) in [5.74, 6) is 2.67. The van der Waals surface area contributed by atoms with Crippen molar-refractivity contribution in [2.24, 2.45) is 4.99 Å². The van der Waals surface area contributed by atoms with E-state index in [0.717, 1.165) is 62.1 Å². The highest BCUT2D eigenvalue weighted by molar-refractivity contribution is 14.0. The number of carbonyl (C=O) groups is 1. The molecule has 28 heavy (non-hydrogen) atoms. The highest BCUT2D eigenvalue weighted by Crippen LogP contribution is 2.14. The van der Waals surface area contributed by atoms with Crippen molar-refractivity contribution in [2.75, 3.05) is 20.1 Å². The van der Waals surface area contributed by atoms with E-state index in [1.807, 2.05) is 31.2 Å². The van der Waals surface area contributed by atoms with Crippen molar-refractivity contribution in [1.29, 1.82) is 0 Å². The average Bonchev–Trinajstić information content (AvgIpc) is 3.30. The fourth-order valence-corrected chi connectivity index (χ4v) is 3.16. The van der Waals surface area contributed by atoms with Crippen LogP contribution in [0.15, 0.2) is 29.3 Å². The fraction of sp³-hybridized carbons (Fsp3) is 0.474. The Morgan fingerprint density at radius 2 is 2.14 bits per heavy atom. The quantitative estimate of drug-likeness (QED) is 0.306. The predicted octanol–water partition coefficient (Wildman–Crippen LogP) is 1.50. The molecule has 1 amide bonds. The Kier molecular flexibility index (Phi) is 8.68. The molecule has 3 N–H and O–H groups in total. The maximum atomic E-state index is 11.7. The molecule has 3 rings (SSSR count). The van der Waals surface area contributed by atoms with Crippen LogP contribution >= 0.6 is 24.0 Å². The second-order valence-corrected chi connectivity index (χ2v) is 6.44. The monoisotopic (exact) mass is 497 g/mol. The number of carbonyl (C=O) groups excluding carboxylic acids is 1. The first kappa shape index (κ1) is 22.1. The van der Waals surface area contributed by atoms with Crippen molar-refractivity contribution in [3.05, 3.63) is 47.0 Å². The zero-order chi connectivity index (χ0) is 19.1. The fourth-order valence-electron chi connectivity index (χ4n) is 3.16. The number of hydrogen-bond acceptors (Lipinski definition) is 4. The summed E-state index contributed by atoms with van der Waals surface area (Å²) in [5, 5.41) is 17.7. The highest BCUT2D eigenvalue weighted by atomic mass is 127. The molecule has 1 aromatic heterocycles. The summed E-state index contributed by atoms with van der Waals surface area (Å²) >= 11 is 0. The van der Waals surface area contributed by atoms with Crippen LogP contribution in [0.4, 0.5) is 0 Å². The molecule has 2 aromatic rings. The van der Waals surface area contributed by atoms with Gasteiger partial charge in [0, 0.05) is 38.7 Å². The van der Waals surface area contributed by atoms with Crippen molar-refractivity contribution in [3.63, 3.8) is 0 Å². The largest absolute Gasteiger partial charge is 0.357 e. The molecule has 1 aliphatic rings. The summed E-state index contributed by atoms with van der Waals surface area (Å²) in [7, 11) is 1.64. The molecule has 0 saturated heterocycles. The van der Waals surface area contributed by atoms with Crippen LogP contribution < -0.4 is 16.0 Å². The van der Waals surface area contributed by atoms with Gasteiger partial charge in [-0.15, -0.1) is 34.2 Å². The van der Waals surface area contributed by atoms with Gasteiger partial charge in [-0.25, -0.2) is 4.99 Å². The van der Waals surface area contributed by atoms with Crippen molar-refractivity contribution < 1.29 is 4.79 Å². The first-order valence-electron chi connectivity index (χ1n) is 9.45. The van der Waals surface area contributed by atoms with Crippen LogP contribution in [0.2, 0.25) is 0 Å². The number of hydrogen-bond donors (Lipinski definition) is 3. The minimum atomic E-state index is -0.0689. The maximum Gasteiger partial charge on any atom is 0.251 e. The molecule has 1 aromatic carbocycles. The summed E-state index contributed by atoms with van der Waals surface area (Å²) in [6, 6.07) is 7.67.